The zero-order chi connectivity index (χ0) is 24.9. The molecule has 10 nitrogen and oxygen atoms in total. The molecule has 2 aliphatic rings. The van der Waals surface area contributed by atoms with E-state index in [1.165, 1.54) is 30.2 Å². The van der Waals surface area contributed by atoms with Crippen molar-refractivity contribution in [1.29, 1.82) is 0 Å². The maximum Gasteiger partial charge on any atom is 0.295 e. The Morgan fingerprint density at radius 2 is 1.80 bits per heavy atom. The fourth-order valence-electron chi connectivity index (χ4n) is 4.51. The topological polar surface area (TPSA) is 122 Å². The predicted octanol–water partition coefficient (Wildman–Crippen LogP) is 2.75. The highest BCUT2D eigenvalue weighted by Crippen LogP contribution is 2.42. The van der Waals surface area contributed by atoms with Crippen molar-refractivity contribution in [1.82, 2.24) is 9.80 Å². The summed E-state index contributed by atoms with van der Waals surface area (Å²) in [6, 6.07) is 11.3. The molecule has 2 saturated heterocycles. The van der Waals surface area contributed by atoms with E-state index in [-0.39, 0.29) is 29.1 Å². The van der Waals surface area contributed by atoms with Crippen LogP contribution in [0.25, 0.3) is 5.76 Å². The Morgan fingerprint density at radius 3 is 2.46 bits per heavy atom. The molecule has 1 N–H and O–H groups in total. The van der Waals surface area contributed by atoms with Crippen LogP contribution in [0.5, 0.6) is 5.75 Å². The fourth-order valence-corrected chi connectivity index (χ4v) is 4.51. The number of para-hydroxylation sites is 1. The summed E-state index contributed by atoms with van der Waals surface area (Å²) in [5, 5.41) is 22.9. The van der Waals surface area contributed by atoms with Gasteiger partial charge in [-0.05, 0) is 36.8 Å². The van der Waals surface area contributed by atoms with Gasteiger partial charge in [0.25, 0.3) is 17.4 Å². The lowest BCUT2D eigenvalue weighted by atomic mass is 9.94. The number of aliphatic hydroxyl groups is 1. The first-order chi connectivity index (χ1) is 16.9. The number of nitro groups is 1. The van der Waals surface area contributed by atoms with Gasteiger partial charge in [0.1, 0.15) is 11.5 Å². The summed E-state index contributed by atoms with van der Waals surface area (Å²) in [6.07, 6.45) is 0.562. The van der Waals surface area contributed by atoms with Gasteiger partial charge in [0.2, 0.25) is 0 Å². The molecule has 0 aliphatic carbocycles. The summed E-state index contributed by atoms with van der Waals surface area (Å²) in [6.45, 7) is 3.74. The number of hydrogen-bond acceptors (Lipinski definition) is 8. The molecule has 1 atom stereocenters. The number of carbonyl (C=O) groups is 2. The predicted molar refractivity (Wildman–Crippen MR) is 127 cm³/mol. The number of amides is 1. The largest absolute Gasteiger partial charge is 0.507 e. The van der Waals surface area contributed by atoms with Crippen LogP contribution >= 0.6 is 0 Å². The van der Waals surface area contributed by atoms with E-state index in [1.54, 1.807) is 30.3 Å². The monoisotopic (exact) mass is 481 g/mol. The second-order valence-corrected chi connectivity index (χ2v) is 8.34. The van der Waals surface area contributed by atoms with Crippen molar-refractivity contribution in [3.63, 3.8) is 0 Å². The first-order valence-corrected chi connectivity index (χ1v) is 11.4. The molecule has 10 heteroatoms. The lowest BCUT2D eigenvalue weighted by molar-refractivity contribution is -0.385. The molecule has 2 aromatic carbocycles. The van der Waals surface area contributed by atoms with Crippen LogP contribution in [0.3, 0.4) is 0 Å². The minimum Gasteiger partial charge on any atom is -0.507 e. The number of aliphatic hydroxyl groups excluding tert-OH is 1. The molecule has 0 saturated carbocycles. The third kappa shape index (κ3) is 5.03. The Kier molecular flexibility index (Phi) is 7.42. The SMILES string of the molecule is COc1ccc(/C(O)=C2/C(=O)C(=O)N(CCCN3CCOCC3)C2c2ccccc2[N+](=O)[O-])cc1. The quantitative estimate of drug-likeness (QED) is 0.201. The van der Waals surface area contributed by atoms with Crippen molar-refractivity contribution in [2.75, 3.05) is 46.5 Å². The number of morpholine rings is 1. The third-order valence-electron chi connectivity index (χ3n) is 6.31. The number of benzene rings is 2. The molecular weight excluding hydrogens is 454 g/mol. The van der Waals surface area contributed by atoms with Gasteiger partial charge in [0.15, 0.2) is 0 Å². The van der Waals surface area contributed by atoms with Gasteiger partial charge in [-0.3, -0.25) is 24.6 Å². The van der Waals surface area contributed by atoms with Crippen LogP contribution in [0.2, 0.25) is 0 Å². The Labute approximate surface area is 202 Å². The highest BCUT2D eigenvalue weighted by molar-refractivity contribution is 6.46. The molecule has 2 fully saturated rings. The van der Waals surface area contributed by atoms with Crippen molar-refractivity contribution in [3.05, 3.63) is 75.3 Å². The average molecular weight is 482 g/mol. The third-order valence-corrected chi connectivity index (χ3v) is 6.31. The van der Waals surface area contributed by atoms with Crippen LogP contribution in [0.15, 0.2) is 54.1 Å². The normalized spacial score (nSPS) is 20.3. The number of ether oxygens (including phenoxy) is 2. The van der Waals surface area contributed by atoms with E-state index in [0.717, 1.165) is 13.1 Å². The van der Waals surface area contributed by atoms with Crippen molar-refractivity contribution in [2.45, 2.75) is 12.5 Å². The highest BCUT2D eigenvalue weighted by Gasteiger charge is 2.47. The van der Waals surface area contributed by atoms with Crippen molar-refractivity contribution in [3.8, 4) is 5.75 Å². The van der Waals surface area contributed by atoms with Gasteiger partial charge < -0.3 is 19.5 Å². The molecule has 2 aromatic rings. The van der Waals surface area contributed by atoms with E-state index in [2.05, 4.69) is 4.90 Å². The number of Topliss-reactive ketones (excluding diaryl/α,β-unsaturated/α-hetero) is 1. The van der Waals surface area contributed by atoms with Gasteiger partial charge >= 0.3 is 0 Å². The van der Waals surface area contributed by atoms with Crippen molar-refractivity contribution < 1.29 is 29.1 Å². The van der Waals surface area contributed by atoms with E-state index in [4.69, 9.17) is 9.47 Å². The number of carbonyl (C=O) groups excluding carboxylic acids is 2. The molecule has 2 aliphatic heterocycles. The number of methoxy groups -OCH3 is 1. The van der Waals surface area contributed by atoms with Gasteiger partial charge in [0, 0.05) is 37.8 Å². The molecule has 0 aromatic heterocycles. The van der Waals surface area contributed by atoms with Gasteiger partial charge in [-0.2, -0.15) is 0 Å². The van der Waals surface area contributed by atoms with Gasteiger partial charge in [-0.15, -0.1) is 0 Å². The second-order valence-electron chi connectivity index (χ2n) is 8.34. The van der Waals surface area contributed by atoms with E-state index in [0.29, 0.717) is 37.5 Å². The lowest BCUT2D eigenvalue weighted by Crippen LogP contribution is -2.39. The first-order valence-electron chi connectivity index (χ1n) is 11.4. The van der Waals surface area contributed by atoms with Gasteiger partial charge in [-0.25, -0.2) is 0 Å². The number of hydrogen-bond donors (Lipinski definition) is 1. The van der Waals surface area contributed by atoms with Crippen molar-refractivity contribution in [2.24, 2.45) is 0 Å². The Bertz CT molecular complexity index is 1140. The van der Waals surface area contributed by atoms with Gasteiger partial charge in [-0.1, -0.05) is 12.1 Å². The molecule has 0 bridgehead atoms. The van der Waals surface area contributed by atoms with E-state index >= 15 is 0 Å². The minimum absolute atomic E-state index is 0.166. The zero-order valence-corrected chi connectivity index (χ0v) is 19.4. The van der Waals surface area contributed by atoms with Crippen LogP contribution in [0.4, 0.5) is 5.69 Å². The summed E-state index contributed by atoms with van der Waals surface area (Å²) < 4.78 is 10.5. The van der Waals surface area contributed by atoms with Crippen LogP contribution in [-0.2, 0) is 14.3 Å². The van der Waals surface area contributed by atoms with E-state index in [9.17, 15) is 24.8 Å². The number of nitro benzene ring substituents is 1. The molecule has 4 rings (SSSR count). The van der Waals surface area contributed by atoms with E-state index in [1.807, 2.05) is 0 Å². The van der Waals surface area contributed by atoms with Crippen LogP contribution in [0, 0.1) is 10.1 Å². The number of nitrogens with zero attached hydrogens (tertiary/aromatic N) is 3. The van der Waals surface area contributed by atoms with Crippen molar-refractivity contribution >= 4 is 23.1 Å². The average Bonchev–Trinajstić information content (AvgIpc) is 3.14. The summed E-state index contributed by atoms with van der Waals surface area (Å²) in [5.74, 6) is -1.48. The second kappa shape index (κ2) is 10.7. The first kappa shape index (κ1) is 24.4. The molecule has 0 radical (unpaired) electrons. The summed E-state index contributed by atoms with van der Waals surface area (Å²) in [5.41, 5.74) is 0.0953. The van der Waals surface area contributed by atoms with E-state index < -0.39 is 22.7 Å². The van der Waals surface area contributed by atoms with Crippen LogP contribution in [0.1, 0.15) is 23.6 Å². The van der Waals surface area contributed by atoms with Crippen LogP contribution < -0.4 is 4.74 Å². The zero-order valence-electron chi connectivity index (χ0n) is 19.4. The number of likely N-dealkylation sites (tertiary alicyclic amines) is 1. The molecular formula is C25H27N3O7. The molecule has 35 heavy (non-hydrogen) atoms. The molecule has 0 spiro atoms. The van der Waals surface area contributed by atoms with Crippen LogP contribution in [-0.4, -0.2) is 78.0 Å². The molecule has 184 valence electrons. The number of ketones is 1. The Hall–Kier alpha value is -3.76. The standard InChI is InChI=1S/C25H27N3O7/c1-34-18-9-7-17(8-10-18)23(29)21-22(19-5-2-3-6-20(19)28(32)33)27(25(31)24(21)30)12-4-11-26-13-15-35-16-14-26/h2-3,5-10,22,29H,4,11-16H2,1H3/b23-21-. The fraction of sp³-hybridized carbons (Fsp3) is 0.360. The summed E-state index contributed by atoms with van der Waals surface area (Å²) in [4.78, 5) is 41.0. The number of rotatable bonds is 8. The molecule has 1 unspecified atom stereocenters. The highest BCUT2D eigenvalue weighted by atomic mass is 16.6. The smallest absolute Gasteiger partial charge is 0.295 e. The summed E-state index contributed by atoms with van der Waals surface area (Å²) >= 11 is 0. The Morgan fingerprint density at radius 1 is 1.11 bits per heavy atom. The maximum atomic E-state index is 13.2. The molecule has 1 amide bonds. The molecule has 2 heterocycles. The minimum atomic E-state index is -1.08. The summed E-state index contributed by atoms with van der Waals surface area (Å²) in [7, 11) is 1.51. The van der Waals surface area contributed by atoms with Gasteiger partial charge in [0.05, 0.1) is 42.4 Å². The maximum absolute atomic E-state index is 13.2. The Balaban J connectivity index is 1.73. The lowest BCUT2D eigenvalue weighted by Gasteiger charge is -2.29.